The Morgan fingerprint density at radius 1 is 0.826 bits per heavy atom. The fraction of sp³-hybridized carbons (Fsp3) is 0.385. The first-order valence-corrected chi connectivity index (χ1v) is 16.6. The van der Waals surface area contributed by atoms with Crippen LogP contribution < -0.4 is 4.74 Å². The zero-order valence-corrected chi connectivity index (χ0v) is 26.4. The largest absolute Gasteiger partial charge is 0.490 e. The molecule has 2 fully saturated rings. The summed E-state index contributed by atoms with van der Waals surface area (Å²) < 4.78 is 18.4. The molecule has 0 radical (unpaired) electrons. The molecule has 3 heterocycles. The highest BCUT2D eigenvalue weighted by Crippen LogP contribution is 2.51. The molecule has 7 nitrogen and oxygen atoms in total. The number of carbonyl (C=O) groups excluding carboxylic acids is 1. The van der Waals surface area contributed by atoms with Crippen LogP contribution in [0.2, 0.25) is 0 Å². The van der Waals surface area contributed by atoms with Crippen molar-refractivity contribution in [3.63, 3.8) is 0 Å². The number of likely N-dealkylation sites (tertiary alicyclic amines) is 1. The summed E-state index contributed by atoms with van der Waals surface area (Å²) in [6, 6.07) is 33.2. The van der Waals surface area contributed by atoms with Crippen molar-refractivity contribution in [2.45, 2.75) is 64.0 Å². The van der Waals surface area contributed by atoms with Crippen molar-refractivity contribution in [1.29, 1.82) is 0 Å². The van der Waals surface area contributed by atoms with Gasteiger partial charge >= 0.3 is 6.09 Å². The minimum atomic E-state index is -0.226. The normalized spacial score (nSPS) is 18.8. The molecule has 1 aromatic heterocycles. The van der Waals surface area contributed by atoms with Crippen LogP contribution in [0, 0.1) is 5.41 Å². The number of amides is 1. The Kier molecular flexibility index (Phi) is 9.31. The molecule has 238 valence electrons. The smallest absolute Gasteiger partial charge is 0.410 e. The molecule has 1 spiro atoms. The summed E-state index contributed by atoms with van der Waals surface area (Å²) in [5.41, 5.74) is 6.08. The number of rotatable bonds is 12. The van der Waals surface area contributed by atoms with Crippen LogP contribution in [0.1, 0.15) is 59.7 Å². The van der Waals surface area contributed by atoms with Crippen LogP contribution in [-0.2, 0) is 35.7 Å². The molecule has 3 aromatic carbocycles. The van der Waals surface area contributed by atoms with Gasteiger partial charge in [-0.15, -0.1) is 0 Å². The van der Waals surface area contributed by atoms with Crippen LogP contribution in [-0.4, -0.2) is 53.2 Å². The quantitative estimate of drug-likeness (QED) is 0.155. The lowest BCUT2D eigenvalue weighted by Gasteiger charge is -2.57. The van der Waals surface area contributed by atoms with E-state index in [4.69, 9.17) is 19.2 Å². The zero-order valence-electron chi connectivity index (χ0n) is 26.4. The third-order valence-electron chi connectivity index (χ3n) is 9.68. The van der Waals surface area contributed by atoms with Crippen LogP contribution in [0.15, 0.2) is 103 Å². The maximum Gasteiger partial charge on any atom is 0.410 e. The van der Waals surface area contributed by atoms with Gasteiger partial charge in [-0.05, 0) is 48.4 Å². The number of aromatic nitrogens is 1. The van der Waals surface area contributed by atoms with Gasteiger partial charge in [0.2, 0.25) is 0 Å². The molecule has 1 atom stereocenters. The summed E-state index contributed by atoms with van der Waals surface area (Å²) in [5.74, 6) is 0.969. The third kappa shape index (κ3) is 7.11. The van der Waals surface area contributed by atoms with Crippen LogP contribution in [0.4, 0.5) is 4.79 Å². The van der Waals surface area contributed by atoms with Gasteiger partial charge in [0, 0.05) is 62.4 Å². The predicted octanol–water partition coefficient (Wildman–Crippen LogP) is 7.36. The minimum absolute atomic E-state index is 0.147. The second kappa shape index (κ2) is 14.1. The molecule has 7 rings (SSSR count). The third-order valence-corrected chi connectivity index (χ3v) is 9.68. The summed E-state index contributed by atoms with van der Waals surface area (Å²) in [6.45, 7) is 5.01. The summed E-state index contributed by atoms with van der Waals surface area (Å²) in [7, 11) is 0. The molecule has 7 heteroatoms. The van der Waals surface area contributed by atoms with Gasteiger partial charge in [-0.3, -0.25) is 9.88 Å². The number of carbonyl (C=O) groups is 1. The van der Waals surface area contributed by atoms with E-state index < -0.39 is 0 Å². The Balaban J connectivity index is 0.970. The van der Waals surface area contributed by atoms with Crippen LogP contribution in [0.25, 0.3) is 0 Å². The summed E-state index contributed by atoms with van der Waals surface area (Å²) in [6.07, 6.45) is 6.59. The molecule has 3 aliphatic rings. The van der Waals surface area contributed by atoms with E-state index in [1.807, 2.05) is 47.5 Å². The Morgan fingerprint density at radius 2 is 1.48 bits per heavy atom. The van der Waals surface area contributed by atoms with Crippen LogP contribution >= 0.6 is 0 Å². The molecule has 1 saturated carbocycles. The molecule has 1 aliphatic carbocycles. The van der Waals surface area contributed by atoms with Crippen molar-refractivity contribution in [2.24, 2.45) is 5.41 Å². The molecule has 4 aromatic rings. The van der Waals surface area contributed by atoms with E-state index in [1.165, 1.54) is 16.7 Å². The van der Waals surface area contributed by atoms with E-state index in [9.17, 15) is 4.79 Å². The van der Waals surface area contributed by atoms with E-state index in [1.54, 1.807) is 0 Å². The fourth-order valence-corrected chi connectivity index (χ4v) is 7.35. The van der Waals surface area contributed by atoms with Gasteiger partial charge in [-0.2, -0.15) is 0 Å². The highest BCUT2D eigenvalue weighted by molar-refractivity contribution is 5.69. The zero-order chi connectivity index (χ0) is 31.2. The standard InChI is InChI=1S/C39H43N3O4/c43-38(45-27-32-15-8-3-9-16-32)42-28-39(29-42)23-33(24-39)46-36-18-20-40-34-19-21-41(25-30-11-4-1-5-12-30)35(37(34)36)17-10-22-44-26-31-13-6-2-7-14-31/h1-9,11-16,18,20,33,35H,10,17,19,21-29H2. The van der Waals surface area contributed by atoms with Gasteiger partial charge in [0.05, 0.1) is 12.3 Å². The summed E-state index contributed by atoms with van der Waals surface area (Å²) >= 11 is 0. The fourth-order valence-electron chi connectivity index (χ4n) is 7.35. The first-order chi connectivity index (χ1) is 22.6. The highest BCUT2D eigenvalue weighted by Gasteiger charge is 2.55. The summed E-state index contributed by atoms with van der Waals surface area (Å²) in [4.78, 5) is 21.9. The highest BCUT2D eigenvalue weighted by atomic mass is 16.6. The first kappa shape index (κ1) is 30.5. The van der Waals surface area contributed by atoms with Crippen molar-refractivity contribution in [3.05, 3.63) is 131 Å². The number of hydrogen-bond donors (Lipinski definition) is 0. The molecule has 1 saturated heterocycles. The van der Waals surface area contributed by atoms with Crippen LogP contribution in [0.3, 0.4) is 0 Å². The average Bonchev–Trinajstić information content (AvgIpc) is 3.06. The van der Waals surface area contributed by atoms with Gasteiger partial charge in [0.1, 0.15) is 18.5 Å². The molecular formula is C39H43N3O4. The van der Waals surface area contributed by atoms with E-state index in [2.05, 4.69) is 65.6 Å². The van der Waals surface area contributed by atoms with E-state index in [0.29, 0.717) is 19.8 Å². The molecule has 0 N–H and O–H groups in total. The molecule has 0 bridgehead atoms. The molecule has 1 amide bonds. The van der Waals surface area contributed by atoms with Gasteiger partial charge in [0.15, 0.2) is 0 Å². The van der Waals surface area contributed by atoms with Crippen molar-refractivity contribution in [1.82, 2.24) is 14.8 Å². The van der Waals surface area contributed by atoms with E-state index >= 15 is 0 Å². The Labute approximate surface area is 272 Å². The van der Waals surface area contributed by atoms with Crippen molar-refractivity contribution < 1.29 is 19.0 Å². The monoisotopic (exact) mass is 617 g/mol. The van der Waals surface area contributed by atoms with Gasteiger partial charge in [0.25, 0.3) is 0 Å². The second-order valence-electron chi connectivity index (χ2n) is 13.1. The molecule has 2 aliphatic heterocycles. The Hall–Kier alpha value is -4.20. The molecule has 1 unspecified atom stereocenters. The maximum atomic E-state index is 12.6. The van der Waals surface area contributed by atoms with Gasteiger partial charge in [-0.1, -0.05) is 91.0 Å². The number of nitrogens with zero attached hydrogens (tertiary/aromatic N) is 3. The lowest BCUT2D eigenvalue weighted by Crippen LogP contribution is -2.65. The number of benzene rings is 3. The minimum Gasteiger partial charge on any atom is -0.490 e. The van der Waals surface area contributed by atoms with E-state index in [-0.39, 0.29) is 23.7 Å². The summed E-state index contributed by atoms with van der Waals surface area (Å²) in [5, 5.41) is 0. The first-order valence-electron chi connectivity index (χ1n) is 16.6. The Bertz CT molecular complexity index is 1570. The van der Waals surface area contributed by atoms with Gasteiger partial charge in [-0.25, -0.2) is 4.79 Å². The molecular weight excluding hydrogens is 574 g/mol. The van der Waals surface area contributed by atoms with Crippen molar-refractivity contribution in [2.75, 3.05) is 26.2 Å². The number of hydrogen-bond acceptors (Lipinski definition) is 6. The number of fused-ring (bicyclic) bond motifs is 1. The average molecular weight is 618 g/mol. The Morgan fingerprint density at radius 3 is 2.17 bits per heavy atom. The topological polar surface area (TPSA) is 64.1 Å². The van der Waals surface area contributed by atoms with Crippen molar-refractivity contribution in [3.8, 4) is 5.75 Å². The number of pyridine rings is 1. The second-order valence-corrected chi connectivity index (χ2v) is 13.1. The lowest BCUT2D eigenvalue weighted by atomic mass is 9.62. The van der Waals surface area contributed by atoms with Crippen molar-refractivity contribution >= 4 is 6.09 Å². The van der Waals surface area contributed by atoms with E-state index in [0.717, 1.165) is 75.3 Å². The predicted molar refractivity (Wildman–Crippen MR) is 177 cm³/mol. The lowest BCUT2D eigenvalue weighted by molar-refractivity contribution is -0.111. The number of ether oxygens (including phenoxy) is 3. The molecule has 46 heavy (non-hydrogen) atoms. The van der Waals surface area contributed by atoms with Gasteiger partial charge < -0.3 is 19.1 Å². The maximum absolute atomic E-state index is 12.6. The SMILES string of the molecule is O=C(OCc1ccccc1)N1CC2(CC(Oc3ccnc4c3C(CCCOCc3ccccc3)N(Cc3ccccc3)CC4)C2)C1. The van der Waals surface area contributed by atoms with Crippen LogP contribution in [0.5, 0.6) is 5.75 Å².